The Morgan fingerprint density at radius 1 is 1.15 bits per heavy atom. The number of rotatable bonds is 6. The van der Waals surface area contributed by atoms with Crippen LogP contribution >= 0.6 is 15.9 Å². The number of unbranched alkanes of at least 4 members (excludes halogenated alkanes) is 1. The number of imide groups is 1. The van der Waals surface area contributed by atoms with Gasteiger partial charge in [-0.05, 0) is 37.6 Å². The van der Waals surface area contributed by atoms with Gasteiger partial charge in [-0.15, -0.1) is 0 Å². The normalized spacial score (nSPS) is 14.3. The van der Waals surface area contributed by atoms with E-state index in [-0.39, 0.29) is 11.8 Å². The summed E-state index contributed by atoms with van der Waals surface area (Å²) < 4.78 is 0.820. The molecule has 2 rings (SSSR count). The fourth-order valence-electron chi connectivity index (χ4n) is 2.25. The topological polar surface area (TPSA) is 49.4 Å². The molecule has 1 heterocycles. The molecule has 0 aromatic heterocycles. The predicted molar refractivity (Wildman–Crippen MR) is 81.9 cm³/mol. The maximum Gasteiger partial charge on any atom is 0.261 e. The Hall–Kier alpha value is -1.20. The minimum Gasteiger partial charge on any atom is -0.315 e. The molecule has 1 aliphatic heterocycles. The molecule has 20 heavy (non-hydrogen) atoms. The summed E-state index contributed by atoms with van der Waals surface area (Å²) in [5.41, 5.74) is 1.02. The van der Waals surface area contributed by atoms with Gasteiger partial charge >= 0.3 is 0 Å². The molecule has 108 valence electrons. The van der Waals surface area contributed by atoms with Crippen LogP contribution in [0.5, 0.6) is 0 Å². The number of fused-ring (bicyclic) bond motifs is 1. The molecule has 0 radical (unpaired) electrons. The first kappa shape index (κ1) is 15.2. The number of amides is 2. The van der Waals surface area contributed by atoms with Crippen LogP contribution in [-0.4, -0.2) is 35.8 Å². The SMILES string of the molecule is CC(C)NCCCCN1C(=O)c2ccc(Br)cc2C1=O. The van der Waals surface area contributed by atoms with Crippen LogP contribution in [0.15, 0.2) is 22.7 Å². The zero-order valence-corrected chi connectivity index (χ0v) is 13.4. The van der Waals surface area contributed by atoms with Crippen LogP contribution in [0, 0.1) is 0 Å². The standard InChI is InChI=1S/C15H19BrN2O2/c1-10(2)17-7-3-4-8-18-14(19)12-6-5-11(16)9-13(12)15(18)20/h5-6,9-10,17H,3-4,7-8H2,1-2H3. The molecular weight excluding hydrogens is 320 g/mol. The van der Waals surface area contributed by atoms with E-state index in [4.69, 9.17) is 0 Å². The van der Waals surface area contributed by atoms with E-state index in [1.807, 2.05) is 0 Å². The summed E-state index contributed by atoms with van der Waals surface area (Å²) in [6.07, 6.45) is 1.78. The first-order valence-electron chi connectivity index (χ1n) is 6.90. The molecule has 2 amide bonds. The Morgan fingerprint density at radius 2 is 1.85 bits per heavy atom. The number of nitrogens with zero attached hydrogens (tertiary/aromatic N) is 1. The predicted octanol–water partition coefficient (Wildman–Crippen LogP) is 2.82. The number of carbonyl (C=O) groups excluding carboxylic acids is 2. The molecule has 1 aromatic rings. The summed E-state index contributed by atoms with van der Waals surface area (Å²) in [6, 6.07) is 5.68. The zero-order valence-electron chi connectivity index (χ0n) is 11.8. The summed E-state index contributed by atoms with van der Waals surface area (Å²) in [6.45, 7) is 5.60. The molecule has 0 saturated heterocycles. The smallest absolute Gasteiger partial charge is 0.261 e. The van der Waals surface area contributed by atoms with E-state index < -0.39 is 0 Å². The van der Waals surface area contributed by atoms with Crippen molar-refractivity contribution in [1.82, 2.24) is 10.2 Å². The van der Waals surface area contributed by atoms with E-state index in [0.717, 1.165) is 23.9 Å². The van der Waals surface area contributed by atoms with E-state index >= 15 is 0 Å². The quantitative estimate of drug-likeness (QED) is 0.640. The van der Waals surface area contributed by atoms with Gasteiger partial charge < -0.3 is 5.32 Å². The molecule has 0 unspecified atom stereocenters. The molecule has 0 aliphatic carbocycles. The van der Waals surface area contributed by atoms with Gasteiger partial charge in [0.25, 0.3) is 11.8 Å². The Kier molecular flexibility index (Phi) is 4.94. The van der Waals surface area contributed by atoms with Gasteiger partial charge in [0.1, 0.15) is 0 Å². The van der Waals surface area contributed by atoms with E-state index in [0.29, 0.717) is 23.7 Å². The summed E-state index contributed by atoms with van der Waals surface area (Å²) in [7, 11) is 0. The molecule has 1 aromatic carbocycles. The molecule has 0 saturated carbocycles. The number of carbonyl (C=O) groups is 2. The van der Waals surface area contributed by atoms with Crippen molar-refractivity contribution in [3.05, 3.63) is 33.8 Å². The van der Waals surface area contributed by atoms with Crippen LogP contribution in [0.25, 0.3) is 0 Å². The van der Waals surface area contributed by atoms with Gasteiger partial charge in [0.05, 0.1) is 11.1 Å². The van der Waals surface area contributed by atoms with Crippen LogP contribution in [0.4, 0.5) is 0 Å². The molecule has 1 N–H and O–H groups in total. The lowest BCUT2D eigenvalue weighted by atomic mass is 10.1. The highest BCUT2D eigenvalue weighted by atomic mass is 79.9. The lowest BCUT2D eigenvalue weighted by Crippen LogP contribution is -2.31. The third-order valence-corrected chi connectivity index (χ3v) is 3.79. The van der Waals surface area contributed by atoms with Crippen molar-refractivity contribution in [3.8, 4) is 0 Å². The van der Waals surface area contributed by atoms with Crippen molar-refractivity contribution in [2.75, 3.05) is 13.1 Å². The van der Waals surface area contributed by atoms with Crippen LogP contribution < -0.4 is 5.32 Å². The van der Waals surface area contributed by atoms with Crippen molar-refractivity contribution >= 4 is 27.7 Å². The molecule has 4 nitrogen and oxygen atoms in total. The van der Waals surface area contributed by atoms with Crippen LogP contribution in [-0.2, 0) is 0 Å². The summed E-state index contributed by atoms with van der Waals surface area (Å²) in [5.74, 6) is -0.350. The summed E-state index contributed by atoms with van der Waals surface area (Å²) in [4.78, 5) is 25.7. The fourth-order valence-corrected chi connectivity index (χ4v) is 2.61. The highest BCUT2D eigenvalue weighted by molar-refractivity contribution is 9.10. The fraction of sp³-hybridized carbons (Fsp3) is 0.467. The first-order chi connectivity index (χ1) is 9.50. The Balaban J connectivity index is 1.92. The average molecular weight is 339 g/mol. The largest absolute Gasteiger partial charge is 0.315 e. The second-order valence-corrected chi connectivity index (χ2v) is 6.18. The number of benzene rings is 1. The van der Waals surface area contributed by atoms with Gasteiger partial charge in [-0.25, -0.2) is 0 Å². The third-order valence-electron chi connectivity index (χ3n) is 3.29. The Morgan fingerprint density at radius 3 is 2.55 bits per heavy atom. The minimum absolute atomic E-state index is 0.172. The molecule has 0 spiro atoms. The Bertz CT molecular complexity index is 529. The first-order valence-corrected chi connectivity index (χ1v) is 7.69. The second kappa shape index (κ2) is 6.50. The Labute approximate surface area is 127 Å². The number of halogens is 1. The minimum atomic E-state index is -0.178. The maximum atomic E-state index is 12.2. The lowest BCUT2D eigenvalue weighted by molar-refractivity contribution is 0.0651. The molecule has 1 aliphatic rings. The summed E-state index contributed by atoms with van der Waals surface area (Å²) >= 11 is 3.33. The molecular formula is C15H19BrN2O2. The second-order valence-electron chi connectivity index (χ2n) is 5.27. The summed E-state index contributed by atoms with van der Waals surface area (Å²) in [5, 5.41) is 3.32. The van der Waals surface area contributed by atoms with Gasteiger partial charge in [-0.3, -0.25) is 14.5 Å². The van der Waals surface area contributed by atoms with E-state index in [2.05, 4.69) is 35.1 Å². The van der Waals surface area contributed by atoms with Crippen molar-refractivity contribution < 1.29 is 9.59 Å². The monoisotopic (exact) mass is 338 g/mol. The van der Waals surface area contributed by atoms with Gasteiger partial charge in [0, 0.05) is 17.1 Å². The van der Waals surface area contributed by atoms with Crippen LogP contribution in [0.1, 0.15) is 47.4 Å². The molecule has 0 fully saturated rings. The van der Waals surface area contributed by atoms with Gasteiger partial charge in [-0.1, -0.05) is 29.8 Å². The lowest BCUT2D eigenvalue weighted by Gasteiger charge is -2.14. The van der Waals surface area contributed by atoms with Crippen molar-refractivity contribution in [1.29, 1.82) is 0 Å². The van der Waals surface area contributed by atoms with E-state index in [9.17, 15) is 9.59 Å². The average Bonchev–Trinajstić information content (AvgIpc) is 2.62. The zero-order chi connectivity index (χ0) is 14.7. The molecule has 0 bridgehead atoms. The van der Waals surface area contributed by atoms with E-state index in [1.54, 1.807) is 18.2 Å². The van der Waals surface area contributed by atoms with Gasteiger partial charge in [0.15, 0.2) is 0 Å². The number of nitrogens with one attached hydrogen (secondary N) is 1. The van der Waals surface area contributed by atoms with Crippen molar-refractivity contribution in [3.63, 3.8) is 0 Å². The van der Waals surface area contributed by atoms with Crippen molar-refractivity contribution in [2.45, 2.75) is 32.7 Å². The highest BCUT2D eigenvalue weighted by Crippen LogP contribution is 2.26. The maximum absolute atomic E-state index is 12.2. The highest BCUT2D eigenvalue weighted by Gasteiger charge is 2.34. The van der Waals surface area contributed by atoms with Crippen LogP contribution in [0.3, 0.4) is 0 Å². The molecule has 5 heteroatoms. The van der Waals surface area contributed by atoms with Gasteiger partial charge in [-0.2, -0.15) is 0 Å². The third kappa shape index (κ3) is 3.27. The number of hydrogen-bond acceptors (Lipinski definition) is 3. The van der Waals surface area contributed by atoms with Crippen LogP contribution in [0.2, 0.25) is 0 Å². The number of hydrogen-bond donors (Lipinski definition) is 1. The van der Waals surface area contributed by atoms with E-state index in [1.165, 1.54) is 4.90 Å². The van der Waals surface area contributed by atoms with Gasteiger partial charge in [0.2, 0.25) is 0 Å². The van der Waals surface area contributed by atoms with Crippen molar-refractivity contribution in [2.24, 2.45) is 0 Å². The molecule has 0 atom stereocenters.